The molecule has 13 heavy (non-hydrogen) atoms. The van der Waals surface area contributed by atoms with Crippen LogP contribution in [0.5, 0.6) is 0 Å². The smallest absolute Gasteiger partial charge is 1.00 e. The number of hydrogen-bond donors (Lipinski definition) is 4. The molecule has 74 valence electrons. The molecular weight excluding hydrogens is 191 g/mol. The van der Waals surface area contributed by atoms with E-state index in [4.69, 9.17) is 20.4 Å². The second kappa shape index (κ2) is 14.4. The standard InChI is InChI=1S/C4H6O4.C2H6O2.Na.H/c5-3(6)1-2-4(7)8;3-1-2-4;;/h1-2H2,(H,5,6)(H,7,8);3-4H,1-2H2;;/q;;+1;-1. The van der Waals surface area contributed by atoms with Crippen LogP contribution in [-0.2, 0) is 9.59 Å². The van der Waals surface area contributed by atoms with E-state index in [0.29, 0.717) is 0 Å². The van der Waals surface area contributed by atoms with E-state index in [9.17, 15) is 9.59 Å². The van der Waals surface area contributed by atoms with Gasteiger partial charge in [0.05, 0.1) is 26.1 Å². The first-order valence-corrected chi connectivity index (χ1v) is 3.20. The number of aliphatic carboxylic acids is 2. The number of aliphatic hydroxyl groups is 2. The summed E-state index contributed by atoms with van der Waals surface area (Å²) in [5.41, 5.74) is 0. The Kier molecular flexibility index (Phi) is 20.6. The van der Waals surface area contributed by atoms with Crippen molar-refractivity contribution in [3.63, 3.8) is 0 Å². The molecule has 0 radical (unpaired) electrons. The number of carboxylic acid groups (broad SMARTS) is 2. The fourth-order valence-electron chi connectivity index (χ4n) is 0.214. The van der Waals surface area contributed by atoms with Crippen LogP contribution in [-0.4, -0.2) is 45.6 Å². The molecule has 4 N–H and O–H groups in total. The molecule has 0 aliphatic heterocycles. The van der Waals surface area contributed by atoms with E-state index in [0.717, 1.165) is 0 Å². The zero-order chi connectivity index (χ0) is 9.98. The van der Waals surface area contributed by atoms with Crippen molar-refractivity contribution in [2.75, 3.05) is 13.2 Å². The van der Waals surface area contributed by atoms with Crippen LogP contribution in [0.3, 0.4) is 0 Å². The molecule has 0 atom stereocenters. The average molecular weight is 204 g/mol. The van der Waals surface area contributed by atoms with Crippen LogP contribution in [0.2, 0.25) is 0 Å². The zero-order valence-corrected chi connectivity index (χ0v) is 9.43. The second-order valence-electron chi connectivity index (χ2n) is 1.73. The van der Waals surface area contributed by atoms with E-state index >= 15 is 0 Å². The van der Waals surface area contributed by atoms with E-state index in [1.165, 1.54) is 0 Å². The van der Waals surface area contributed by atoms with Crippen LogP contribution >= 0.6 is 0 Å². The van der Waals surface area contributed by atoms with Gasteiger partial charge in [0.25, 0.3) is 0 Å². The van der Waals surface area contributed by atoms with E-state index in [1.807, 2.05) is 0 Å². The molecule has 0 bridgehead atoms. The molecular formula is C6H13NaO6. The molecule has 0 aliphatic carbocycles. The molecule has 0 aromatic carbocycles. The maximum absolute atomic E-state index is 9.64. The maximum atomic E-state index is 9.64. The monoisotopic (exact) mass is 204 g/mol. The summed E-state index contributed by atoms with van der Waals surface area (Å²) in [6.07, 6.45) is -0.593. The number of carboxylic acids is 2. The second-order valence-corrected chi connectivity index (χ2v) is 1.73. The average Bonchev–Trinajstić information content (AvgIpc) is 2.01. The summed E-state index contributed by atoms with van der Waals surface area (Å²) in [6.45, 7) is -0.250. The molecule has 0 rings (SSSR count). The Morgan fingerprint density at radius 2 is 1.15 bits per heavy atom. The van der Waals surface area contributed by atoms with Gasteiger partial charge in [-0.15, -0.1) is 0 Å². The van der Waals surface area contributed by atoms with Crippen LogP contribution in [0.25, 0.3) is 0 Å². The van der Waals surface area contributed by atoms with Crippen LogP contribution in [0.4, 0.5) is 0 Å². The SMILES string of the molecule is O=C(O)CCC(=O)O.OCCO.[H-].[Na+]. The van der Waals surface area contributed by atoms with Crippen LogP contribution in [0, 0.1) is 0 Å². The summed E-state index contributed by atoms with van der Waals surface area (Å²) in [5.74, 6) is -2.15. The van der Waals surface area contributed by atoms with Crippen molar-refractivity contribution >= 4 is 11.9 Å². The Morgan fingerprint density at radius 3 is 1.23 bits per heavy atom. The molecule has 0 fully saturated rings. The van der Waals surface area contributed by atoms with Gasteiger partial charge in [0, 0.05) is 0 Å². The van der Waals surface area contributed by atoms with Crippen molar-refractivity contribution in [3.8, 4) is 0 Å². The predicted molar refractivity (Wildman–Crippen MR) is 39.8 cm³/mol. The summed E-state index contributed by atoms with van der Waals surface area (Å²) < 4.78 is 0. The summed E-state index contributed by atoms with van der Waals surface area (Å²) in [5, 5.41) is 31.0. The fraction of sp³-hybridized carbons (Fsp3) is 0.667. The van der Waals surface area contributed by atoms with E-state index < -0.39 is 11.9 Å². The van der Waals surface area contributed by atoms with Crippen molar-refractivity contribution in [1.82, 2.24) is 0 Å². The maximum Gasteiger partial charge on any atom is 1.00 e. The summed E-state index contributed by atoms with van der Waals surface area (Å²) >= 11 is 0. The quantitative estimate of drug-likeness (QED) is 0.347. The van der Waals surface area contributed by atoms with Gasteiger partial charge in [-0.25, -0.2) is 0 Å². The molecule has 0 aliphatic rings. The molecule has 0 spiro atoms. The largest absolute Gasteiger partial charge is 1.00 e. The number of carbonyl (C=O) groups is 2. The first-order chi connectivity index (χ1) is 5.54. The van der Waals surface area contributed by atoms with Gasteiger partial charge in [-0.1, -0.05) is 0 Å². The van der Waals surface area contributed by atoms with Gasteiger partial charge in [-0.3, -0.25) is 9.59 Å². The Bertz CT molecular complexity index is 126. The Labute approximate surface area is 99.0 Å². The first kappa shape index (κ1) is 18.6. The zero-order valence-electron chi connectivity index (χ0n) is 8.43. The van der Waals surface area contributed by atoms with Gasteiger partial charge in [-0.05, 0) is 0 Å². The van der Waals surface area contributed by atoms with Crippen molar-refractivity contribution in [2.45, 2.75) is 12.8 Å². The van der Waals surface area contributed by atoms with Gasteiger partial charge in [0.1, 0.15) is 0 Å². The third-order valence-corrected chi connectivity index (χ3v) is 0.653. The molecule has 0 unspecified atom stereocenters. The summed E-state index contributed by atoms with van der Waals surface area (Å²) in [4.78, 5) is 19.3. The molecule has 0 aromatic rings. The van der Waals surface area contributed by atoms with Gasteiger partial charge >= 0.3 is 41.5 Å². The van der Waals surface area contributed by atoms with Crippen LogP contribution in [0.15, 0.2) is 0 Å². The van der Waals surface area contributed by atoms with Crippen molar-refractivity contribution in [2.24, 2.45) is 0 Å². The van der Waals surface area contributed by atoms with Gasteiger partial charge in [0.15, 0.2) is 0 Å². The van der Waals surface area contributed by atoms with Crippen molar-refractivity contribution in [1.29, 1.82) is 0 Å². The predicted octanol–water partition coefficient (Wildman–Crippen LogP) is -3.98. The number of hydrogen-bond acceptors (Lipinski definition) is 4. The Balaban J connectivity index is -0.0000000733. The molecule has 0 aromatic heterocycles. The number of rotatable bonds is 4. The van der Waals surface area contributed by atoms with Crippen LogP contribution < -0.4 is 29.6 Å². The number of aliphatic hydroxyl groups excluding tert-OH is 2. The van der Waals surface area contributed by atoms with Crippen molar-refractivity contribution in [3.05, 3.63) is 0 Å². The molecule has 6 nitrogen and oxygen atoms in total. The minimum absolute atomic E-state index is 0. The summed E-state index contributed by atoms with van der Waals surface area (Å²) in [6, 6.07) is 0. The third kappa shape index (κ3) is 33.6. The normalized spacial score (nSPS) is 7.54. The van der Waals surface area contributed by atoms with Gasteiger partial charge in [0.2, 0.25) is 0 Å². The first-order valence-electron chi connectivity index (χ1n) is 3.20. The van der Waals surface area contributed by atoms with Crippen molar-refractivity contribution < 1.29 is 61.0 Å². The molecule has 0 saturated heterocycles. The Morgan fingerprint density at radius 1 is 0.923 bits per heavy atom. The Hall–Kier alpha value is -0.140. The topological polar surface area (TPSA) is 115 Å². The molecule has 0 amide bonds. The van der Waals surface area contributed by atoms with Gasteiger partial charge in [-0.2, -0.15) is 0 Å². The van der Waals surface area contributed by atoms with Crippen LogP contribution in [0.1, 0.15) is 14.3 Å². The van der Waals surface area contributed by atoms with E-state index in [1.54, 1.807) is 0 Å². The third-order valence-electron chi connectivity index (χ3n) is 0.653. The molecule has 0 heterocycles. The molecule has 0 saturated carbocycles. The van der Waals surface area contributed by atoms with E-state index in [-0.39, 0.29) is 57.0 Å². The fourth-order valence-corrected chi connectivity index (χ4v) is 0.214. The minimum atomic E-state index is -1.08. The van der Waals surface area contributed by atoms with Gasteiger partial charge < -0.3 is 21.9 Å². The minimum Gasteiger partial charge on any atom is -1.00 e. The van der Waals surface area contributed by atoms with E-state index in [2.05, 4.69) is 0 Å². The summed E-state index contributed by atoms with van der Waals surface area (Å²) in [7, 11) is 0. The molecule has 7 heteroatoms.